The molecule has 1 heterocycles. The van der Waals surface area contributed by atoms with Gasteiger partial charge in [-0.2, -0.15) is 0 Å². The molecule has 1 atom stereocenters. The maximum absolute atomic E-state index is 5.76. The van der Waals surface area contributed by atoms with Gasteiger partial charge in [-0.25, -0.2) is 6.54 Å². The van der Waals surface area contributed by atoms with Gasteiger partial charge >= 0.3 is 91.0 Å². The summed E-state index contributed by atoms with van der Waals surface area (Å²) in [6, 6.07) is 22.7. The number of anilines is 1. The fourth-order valence-electron chi connectivity index (χ4n) is 6.78. The van der Waals surface area contributed by atoms with Crippen molar-refractivity contribution in [2.75, 3.05) is 4.90 Å². The molecule has 0 amide bonds. The van der Waals surface area contributed by atoms with Crippen molar-refractivity contribution in [2.45, 2.75) is 123 Å². The Kier molecular flexibility index (Phi) is 11.0. The summed E-state index contributed by atoms with van der Waals surface area (Å²) in [6.07, 6.45) is 7.71. The van der Waals surface area contributed by atoms with E-state index >= 15 is 0 Å². The summed E-state index contributed by atoms with van der Waals surface area (Å²) in [4.78, 5) is 2.59. The van der Waals surface area contributed by atoms with E-state index in [4.69, 9.17) is 14.4 Å². The molecule has 3 aromatic rings. The monoisotopic (exact) mass is 713 g/mol. The molecule has 45 heavy (non-hydrogen) atoms. The molecule has 2 aliphatic rings. The van der Waals surface area contributed by atoms with Crippen molar-refractivity contribution in [2.24, 2.45) is 0 Å². The summed E-state index contributed by atoms with van der Waals surface area (Å²) >= 11 is -0.139. The molecule has 0 saturated carbocycles. The van der Waals surface area contributed by atoms with Crippen LogP contribution in [0.1, 0.15) is 112 Å². The Hall–Kier alpha value is -2.22. The standard InChI is InChI=1S/C31H40N.C10H14O.ClH.Ru/c1-28(2,3)23-17-18-26(29(4,5)6)27(19-23)32-21-31(9,20-30(32,7)8)25-16-12-14-22-13-10-11-15-24(22)25;1-8(2)11-10-7-5-4-6-9(10)3;;/h10-19,21H,20H2,1-9H3;3,5,7-8H,4,6H2,1-2H3;1H;/q-1;;;+1/p-1. The van der Waals surface area contributed by atoms with Crippen molar-refractivity contribution in [3.63, 3.8) is 0 Å². The van der Waals surface area contributed by atoms with Crippen molar-refractivity contribution in [3.05, 3.63) is 107 Å². The minimum absolute atomic E-state index is 0.0161. The van der Waals surface area contributed by atoms with E-state index < -0.39 is 0 Å². The Balaban J connectivity index is 0.000000297. The first-order valence-corrected chi connectivity index (χ1v) is 19.6. The van der Waals surface area contributed by atoms with E-state index in [-0.39, 0.29) is 43.6 Å². The van der Waals surface area contributed by atoms with Crippen LogP contribution in [-0.4, -0.2) is 16.3 Å². The molecule has 2 nitrogen and oxygen atoms in total. The number of ether oxygens (including phenoxy) is 1. The summed E-state index contributed by atoms with van der Waals surface area (Å²) in [7, 11) is 5.76. The predicted octanol–water partition coefficient (Wildman–Crippen LogP) is 11.6. The number of rotatable bonds is 5. The Labute approximate surface area is 285 Å². The summed E-state index contributed by atoms with van der Waals surface area (Å²) in [5.41, 5.74) is 7.06. The number of fused-ring (bicyclic) bond motifs is 1. The Morgan fingerprint density at radius 1 is 0.933 bits per heavy atom. The maximum atomic E-state index is 5.76. The molecule has 1 saturated heterocycles. The molecule has 245 valence electrons. The van der Waals surface area contributed by atoms with Gasteiger partial charge in [-0.3, -0.25) is 0 Å². The van der Waals surface area contributed by atoms with Gasteiger partial charge in [0.15, 0.2) is 0 Å². The summed E-state index contributed by atoms with van der Waals surface area (Å²) in [6.45, 7) is 27.7. The molecule has 1 unspecified atom stereocenters. The van der Waals surface area contributed by atoms with Crippen molar-refractivity contribution in [3.8, 4) is 0 Å². The molecule has 1 fully saturated rings. The Bertz CT molecular complexity index is 1580. The van der Waals surface area contributed by atoms with E-state index in [9.17, 15) is 0 Å². The second kappa shape index (κ2) is 13.9. The molecule has 1 aliphatic carbocycles. The van der Waals surface area contributed by atoms with Crippen LogP contribution in [0.25, 0.3) is 10.8 Å². The van der Waals surface area contributed by atoms with Crippen molar-refractivity contribution in [1.82, 2.24) is 0 Å². The van der Waals surface area contributed by atoms with E-state index in [1.807, 2.05) is 13.8 Å². The third-order valence-electron chi connectivity index (χ3n) is 8.89. The average molecular weight is 713 g/mol. The second-order valence-corrected chi connectivity index (χ2v) is 17.6. The van der Waals surface area contributed by atoms with Gasteiger partial charge in [0.2, 0.25) is 0 Å². The van der Waals surface area contributed by atoms with Crippen molar-refractivity contribution in [1.29, 1.82) is 0 Å². The fraction of sp³-hybridized carbons (Fsp3) is 0.463. The van der Waals surface area contributed by atoms with Crippen LogP contribution in [0.2, 0.25) is 0 Å². The number of hydrogen-bond acceptors (Lipinski definition) is 2. The molecule has 0 N–H and O–H groups in total. The molecule has 0 aromatic heterocycles. The van der Waals surface area contributed by atoms with E-state index in [1.54, 1.807) is 0 Å². The van der Waals surface area contributed by atoms with Gasteiger partial charge in [-0.15, -0.1) is 5.41 Å². The summed E-state index contributed by atoms with van der Waals surface area (Å²) < 4.78 is 7.79. The number of halogens is 1. The van der Waals surface area contributed by atoms with E-state index in [0.29, 0.717) is 0 Å². The van der Waals surface area contributed by atoms with E-state index in [2.05, 4.69) is 151 Å². The SMILES string of the molecule is CC(C)(C)c1ccc(C(C)(C)C)c(N2[CH-]C(C)(c3cccc4ccccc34)CC2(C)C)c1.CC(C)OC1=C([CH]=[Ru][Cl])CCC=C1. The van der Waals surface area contributed by atoms with Gasteiger partial charge in [0.05, 0.1) is 0 Å². The van der Waals surface area contributed by atoms with Crippen LogP contribution in [-0.2, 0) is 36.7 Å². The quantitative estimate of drug-likeness (QED) is 0.193. The number of hydrogen-bond donors (Lipinski definition) is 0. The molecule has 5 rings (SSSR count). The first-order chi connectivity index (χ1) is 21.0. The molecule has 0 radical (unpaired) electrons. The van der Waals surface area contributed by atoms with E-state index in [1.165, 1.54) is 38.7 Å². The third kappa shape index (κ3) is 8.39. The summed E-state index contributed by atoms with van der Waals surface area (Å²) in [5.74, 6) is 1.01. The topological polar surface area (TPSA) is 12.5 Å². The Morgan fingerprint density at radius 3 is 2.27 bits per heavy atom. The molecule has 0 spiro atoms. The number of allylic oxidation sites excluding steroid dienone is 3. The first-order valence-electron chi connectivity index (χ1n) is 16.4. The zero-order chi connectivity index (χ0) is 33.2. The molecule has 1 aliphatic heterocycles. The second-order valence-electron chi connectivity index (χ2n) is 15.8. The average Bonchev–Trinajstić information content (AvgIpc) is 3.21. The van der Waals surface area contributed by atoms with Crippen LogP contribution in [0.5, 0.6) is 0 Å². The van der Waals surface area contributed by atoms with Crippen molar-refractivity contribution < 1.29 is 20.4 Å². The van der Waals surface area contributed by atoms with Crippen molar-refractivity contribution >= 4 is 30.8 Å². The van der Waals surface area contributed by atoms with Crippen LogP contribution in [0.3, 0.4) is 0 Å². The van der Waals surface area contributed by atoms with Crippen LogP contribution in [0, 0.1) is 6.54 Å². The van der Waals surface area contributed by atoms with Gasteiger partial charge < -0.3 is 4.90 Å². The zero-order valence-electron chi connectivity index (χ0n) is 29.4. The fourth-order valence-corrected chi connectivity index (χ4v) is 8.06. The van der Waals surface area contributed by atoms with Gasteiger partial charge in [-0.05, 0) is 59.1 Å². The zero-order valence-corrected chi connectivity index (χ0v) is 31.9. The predicted molar refractivity (Wildman–Crippen MR) is 194 cm³/mol. The molecular formula is C41H54ClNORu-. The third-order valence-corrected chi connectivity index (χ3v) is 10.1. The molecular weight excluding hydrogens is 659 g/mol. The van der Waals surface area contributed by atoms with E-state index in [0.717, 1.165) is 25.0 Å². The molecule has 4 heteroatoms. The van der Waals surface area contributed by atoms with Crippen LogP contribution in [0.15, 0.2) is 84.1 Å². The summed E-state index contributed by atoms with van der Waals surface area (Å²) in [5, 5.41) is 2.69. The van der Waals surface area contributed by atoms with Gasteiger partial charge in [-0.1, -0.05) is 109 Å². The number of benzene rings is 3. The minimum atomic E-state index is -0.139. The van der Waals surface area contributed by atoms with Crippen LogP contribution in [0.4, 0.5) is 5.69 Å². The Morgan fingerprint density at radius 2 is 1.62 bits per heavy atom. The normalized spacial score (nSPS) is 20.4. The van der Waals surface area contributed by atoms with Gasteiger partial charge in [0.1, 0.15) is 0 Å². The first kappa shape index (κ1) is 35.6. The number of nitrogens with zero attached hydrogens (tertiary/aromatic N) is 1. The van der Waals surface area contributed by atoms with Gasteiger partial charge in [0.25, 0.3) is 0 Å². The van der Waals surface area contributed by atoms with Crippen LogP contribution >= 0.6 is 9.69 Å². The molecule has 0 bridgehead atoms. The van der Waals surface area contributed by atoms with Gasteiger partial charge in [0, 0.05) is 11.2 Å². The van der Waals surface area contributed by atoms with Crippen LogP contribution < -0.4 is 4.90 Å². The molecule has 3 aromatic carbocycles.